The molecule has 0 atom stereocenters. The number of nitrogens with one attached hydrogen (secondary N) is 1. The highest BCUT2D eigenvalue weighted by molar-refractivity contribution is 9.10. The number of rotatable bonds is 4. The fraction of sp³-hybridized carbons (Fsp3) is 0.0833. The number of carbonyl (C=O) groups is 1. The zero-order valence-corrected chi connectivity index (χ0v) is 12.5. The first-order chi connectivity index (χ1) is 9.63. The minimum Gasteiger partial charge on any atom is -0.486 e. The lowest BCUT2D eigenvalue weighted by Gasteiger charge is -2.06. The normalized spacial score (nSPS) is 9.85. The lowest BCUT2D eigenvalue weighted by Crippen LogP contribution is -2.29. The maximum Gasteiger partial charge on any atom is 0.294 e. The first-order valence-corrected chi connectivity index (χ1v) is 7.09. The van der Waals surface area contributed by atoms with Gasteiger partial charge in [0.2, 0.25) is 0 Å². The van der Waals surface area contributed by atoms with E-state index in [1.165, 1.54) is 11.3 Å². The molecule has 0 saturated heterocycles. The van der Waals surface area contributed by atoms with Crippen molar-refractivity contribution >= 4 is 33.2 Å². The number of nitriles is 1. The van der Waals surface area contributed by atoms with Crippen LogP contribution in [0.4, 0.5) is 0 Å². The molecule has 0 radical (unpaired) electrons. The Morgan fingerprint density at radius 2 is 2.40 bits per heavy atom. The molecule has 0 bridgehead atoms. The van der Waals surface area contributed by atoms with Crippen LogP contribution >= 0.6 is 27.3 Å². The zero-order valence-electron chi connectivity index (χ0n) is 10.1. The second-order valence-electron chi connectivity index (χ2n) is 3.66. The number of hydrogen-bond acceptors (Lipinski definition) is 6. The Morgan fingerprint density at radius 3 is 3.10 bits per heavy atom. The van der Waals surface area contributed by atoms with Gasteiger partial charge in [-0.3, -0.25) is 10.2 Å². The summed E-state index contributed by atoms with van der Waals surface area (Å²) >= 11 is 4.46. The second-order valence-corrected chi connectivity index (χ2v) is 5.43. The summed E-state index contributed by atoms with van der Waals surface area (Å²) in [5.74, 6) is 5.05. The first kappa shape index (κ1) is 14.5. The van der Waals surface area contributed by atoms with Gasteiger partial charge in [-0.05, 0) is 18.2 Å². The van der Waals surface area contributed by atoms with Gasteiger partial charge in [-0.1, -0.05) is 15.9 Å². The predicted molar refractivity (Wildman–Crippen MR) is 77.0 cm³/mol. The predicted octanol–water partition coefficient (Wildman–Crippen LogP) is 1.96. The van der Waals surface area contributed by atoms with Crippen molar-refractivity contribution in [2.45, 2.75) is 6.61 Å². The summed E-state index contributed by atoms with van der Waals surface area (Å²) in [6.07, 6.45) is 0. The molecule has 0 saturated carbocycles. The van der Waals surface area contributed by atoms with Gasteiger partial charge in [0.1, 0.15) is 18.4 Å². The Kier molecular flexibility index (Phi) is 4.68. The van der Waals surface area contributed by atoms with E-state index in [2.05, 4.69) is 27.0 Å². The fourth-order valence-electron chi connectivity index (χ4n) is 1.41. The van der Waals surface area contributed by atoms with Gasteiger partial charge in [-0.25, -0.2) is 10.8 Å². The number of carbonyl (C=O) groups excluding carboxylic acids is 1. The molecule has 0 unspecified atom stereocenters. The minimum atomic E-state index is -0.442. The van der Waals surface area contributed by atoms with Gasteiger partial charge in [-0.15, -0.1) is 11.3 Å². The van der Waals surface area contributed by atoms with Crippen molar-refractivity contribution in [3.05, 3.63) is 44.3 Å². The van der Waals surface area contributed by atoms with Crippen LogP contribution < -0.4 is 16.0 Å². The first-order valence-electron chi connectivity index (χ1n) is 5.42. The Bertz CT molecular complexity index is 680. The molecule has 8 heteroatoms. The van der Waals surface area contributed by atoms with Crippen molar-refractivity contribution in [1.82, 2.24) is 10.4 Å². The standard InChI is InChI=1S/C12H9BrN4O2S/c13-8-1-2-10(7(3-8)4-14)19-5-9-6-20-12(16-9)11(18)17-15/h1-3,6H,5,15H2,(H,17,18). The number of aromatic nitrogens is 1. The average molecular weight is 353 g/mol. The summed E-state index contributed by atoms with van der Waals surface area (Å²) in [5.41, 5.74) is 3.04. The Morgan fingerprint density at radius 1 is 1.60 bits per heavy atom. The van der Waals surface area contributed by atoms with Gasteiger partial charge in [0.25, 0.3) is 5.91 Å². The summed E-state index contributed by atoms with van der Waals surface area (Å²) in [6, 6.07) is 7.20. The molecule has 2 rings (SSSR count). The molecule has 0 aliphatic heterocycles. The number of benzene rings is 1. The maximum atomic E-state index is 11.3. The fourth-order valence-corrected chi connectivity index (χ4v) is 2.47. The van der Waals surface area contributed by atoms with Gasteiger partial charge in [-0.2, -0.15) is 5.26 Å². The van der Waals surface area contributed by atoms with Crippen LogP contribution in [0.1, 0.15) is 21.1 Å². The molecule has 0 aliphatic carbocycles. The molecule has 0 aliphatic rings. The van der Waals surface area contributed by atoms with Gasteiger partial charge >= 0.3 is 0 Å². The van der Waals surface area contributed by atoms with E-state index in [0.717, 1.165) is 4.47 Å². The van der Waals surface area contributed by atoms with E-state index in [1.807, 2.05) is 5.43 Å². The number of nitrogen functional groups attached to an aromatic ring is 1. The molecule has 2 aromatic rings. The maximum absolute atomic E-state index is 11.3. The molecule has 20 heavy (non-hydrogen) atoms. The number of ether oxygens (including phenoxy) is 1. The molecule has 1 heterocycles. The van der Waals surface area contributed by atoms with Crippen LogP contribution in [0, 0.1) is 11.3 Å². The average Bonchev–Trinajstić information content (AvgIpc) is 2.93. The SMILES string of the molecule is N#Cc1cc(Br)ccc1OCc1csc(C(=O)NN)n1. The lowest BCUT2D eigenvalue weighted by atomic mass is 10.2. The number of halogens is 1. The van der Waals surface area contributed by atoms with E-state index < -0.39 is 5.91 Å². The second kappa shape index (κ2) is 6.47. The highest BCUT2D eigenvalue weighted by Gasteiger charge is 2.10. The number of hydrazine groups is 1. The molecule has 3 N–H and O–H groups in total. The van der Waals surface area contributed by atoms with Gasteiger partial charge < -0.3 is 4.74 Å². The molecule has 1 amide bonds. The summed E-state index contributed by atoms with van der Waals surface area (Å²) in [4.78, 5) is 15.3. The Labute approximate surface area is 127 Å². The van der Waals surface area contributed by atoms with Gasteiger partial charge in [0.15, 0.2) is 5.01 Å². The van der Waals surface area contributed by atoms with Crippen LogP contribution in [0.5, 0.6) is 5.75 Å². The van der Waals surface area contributed by atoms with E-state index in [-0.39, 0.29) is 11.6 Å². The summed E-state index contributed by atoms with van der Waals surface area (Å²) in [6.45, 7) is 0.171. The largest absolute Gasteiger partial charge is 0.486 e. The van der Waals surface area contributed by atoms with Crippen molar-refractivity contribution in [2.24, 2.45) is 5.84 Å². The Hall–Kier alpha value is -1.95. The van der Waals surface area contributed by atoms with Crippen LogP contribution in [0.2, 0.25) is 0 Å². The van der Waals surface area contributed by atoms with Crippen LogP contribution in [0.3, 0.4) is 0 Å². The zero-order chi connectivity index (χ0) is 14.5. The van der Waals surface area contributed by atoms with Crippen molar-refractivity contribution in [3.63, 3.8) is 0 Å². The molecule has 1 aromatic heterocycles. The third-order valence-corrected chi connectivity index (χ3v) is 3.70. The summed E-state index contributed by atoms with van der Waals surface area (Å²) < 4.78 is 6.34. The number of amides is 1. The molecule has 1 aromatic carbocycles. The molecular formula is C12H9BrN4O2S. The van der Waals surface area contributed by atoms with E-state index in [4.69, 9.17) is 15.8 Å². The van der Waals surface area contributed by atoms with Gasteiger partial charge in [0.05, 0.1) is 11.3 Å². The van der Waals surface area contributed by atoms with Crippen molar-refractivity contribution in [2.75, 3.05) is 0 Å². The molecule has 6 nitrogen and oxygen atoms in total. The van der Waals surface area contributed by atoms with Crippen LogP contribution in [0.25, 0.3) is 0 Å². The molecule has 0 fully saturated rings. The highest BCUT2D eigenvalue weighted by atomic mass is 79.9. The van der Waals surface area contributed by atoms with E-state index in [1.54, 1.807) is 23.6 Å². The smallest absolute Gasteiger partial charge is 0.294 e. The third-order valence-electron chi connectivity index (χ3n) is 2.31. The van der Waals surface area contributed by atoms with Crippen LogP contribution in [-0.4, -0.2) is 10.9 Å². The van der Waals surface area contributed by atoms with E-state index in [0.29, 0.717) is 17.0 Å². The molecular weight excluding hydrogens is 344 g/mol. The lowest BCUT2D eigenvalue weighted by molar-refractivity contribution is 0.0953. The monoisotopic (exact) mass is 352 g/mol. The van der Waals surface area contributed by atoms with Crippen molar-refractivity contribution in [1.29, 1.82) is 5.26 Å². The van der Waals surface area contributed by atoms with Crippen molar-refractivity contribution < 1.29 is 9.53 Å². The van der Waals surface area contributed by atoms with Crippen LogP contribution in [0.15, 0.2) is 28.1 Å². The number of nitrogens with two attached hydrogens (primary N) is 1. The topological polar surface area (TPSA) is 101 Å². The number of nitrogens with zero attached hydrogens (tertiary/aromatic N) is 2. The third kappa shape index (κ3) is 3.33. The Balaban J connectivity index is 2.08. The molecule has 102 valence electrons. The van der Waals surface area contributed by atoms with Gasteiger partial charge in [0, 0.05) is 9.85 Å². The van der Waals surface area contributed by atoms with E-state index in [9.17, 15) is 4.79 Å². The minimum absolute atomic E-state index is 0.171. The molecule has 0 spiro atoms. The van der Waals surface area contributed by atoms with Crippen molar-refractivity contribution in [3.8, 4) is 11.8 Å². The number of thiazole rings is 1. The van der Waals surface area contributed by atoms with Crippen LogP contribution in [-0.2, 0) is 6.61 Å². The number of hydrogen-bond donors (Lipinski definition) is 2. The van der Waals surface area contributed by atoms with E-state index >= 15 is 0 Å². The quantitative estimate of drug-likeness (QED) is 0.497. The summed E-state index contributed by atoms with van der Waals surface area (Å²) in [5, 5.41) is 11.0. The highest BCUT2D eigenvalue weighted by Crippen LogP contribution is 2.23. The summed E-state index contributed by atoms with van der Waals surface area (Å²) in [7, 11) is 0.